The highest BCUT2D eigenvalue weighted by Gasteiger charge is 2.30. The number of nitrogens with one attached hydrogen (secondary N) is 1. The van der Waals surface area contributed by atoms with Gasteiger partial charge in [-0.25, -0.2) is 13.5 Å². The second-order valence-corrected chi connectivity index (χ2v) is 5.91. The van der Waals surface area contributed by atoms with E-state index in [9.17, 15) is 21.6 Å². The van der Waals surface area contributed by atoms with Crippen molar-refractivity contribution in [1.82, 2.24) is 15.2 Å². The molecule has 0 amide bonds. The van der Waals surface area contributed by atoms with E-state index in [1.54, 1.807) is 0 Å². The van der Waals surface area contributed by atoms with Crippen molar-refractivity contribution in [3.05, 3.63) is 29.8 Å². The molecule has 0 unspecified atom stereocenters. The summed E-state index contributed by atoms with van der Waals surface area (Å²) in [6.07, 6.45) is 0.484. The van der Waals surface area contributed by atoms with Crippen LogP contribution in [0.15, 0.2) is 29.4 Å². The Morgan fingerprint density at radius 1 is 1.24 bits per heavy atom. The fourth-order valence-corrected chi connectivity index (χ4v) is 2.27. The van der Waals surface area contributed by atoms with Crippen molar-refractivity contribution < 1.29 is 21.6 Å². The summed E-state index contributed by atoms with van der Waals surface area (Å²) in [5.41, 5.74) is -0.566. The molecule has 0 aliphatic rings. The number of hydrogen-bond donors (Lipinski definition) is 1. The van der Waals surface area contributed by atoms with Gasteiger partial charge in [0, 0.05) is 5.56 Å². The SMILES string of the molecule is C#CCS(=O)(=O)c1nc(-c2ccc(C(F)(F)F)cc2)n[nH]1. The van der Waals surface area contributed by atoms with Gasteiger partial charge in [-0.3, -0.25) is 0 Å². The summed E-state index contributed by atoms with van der Waals surface area (Å²) < 4.78 is 60.6. The molecule has 2 rings (SSSR count). The molecule has 2 aromatic rings. The molecule has 1 heterocycles. The van der Waals surface area contributed by atoms with Gasteiger partial charge in [-0.15, -0.1) is 6.42 Å². The predicted molar refractivity (Wildman–Crippen MR) is 67.7 cm³/mol. The van der Waals surface area contributed by atoms with E-state index in [1.165, 1.54) is 0 Å². The topological polar surface area (TPSA) is 75.7 Å². The van der Waals surface area contributed by atoms with Crippen LogP contribution < -0.4 is 0 Å². The number of benzene rings is 1. The van der Waals surface area contributed by atoms with E-state index in [4.69, 9.17) is 6.42 Å². The van der Waals surface area contributed by atoms with Gasteiger partial charge in [0.15, 0.2) is 5.82 Å². The third-order valence-corrected chi connectivity index (χ3v) is 3.82. The maximum Gasteiger partial charge on any atom is 0.416 e. The Kier molecular flexibility index (Phi) is 3.74. The summed E-state index contributed by atoms with van der Waals surface area (Å²) in [6.45, 7) is 0. The van der Waals surface area contributed by atoms with Crippen molar-refractivity contribution >= 4 is 9.84 Å². The highest BCUT2D eigenvalue weighted by Crippen LogP contribution is 2.30. The first-order valence-corrected chi connectivity index (χ1v) is 7.15. The predicted octanol–water partition coefficient (Wildman–Crippen LogP) is 1.90. The monoisotopic (exact) mass is 315 g/mol. The molecule has 1 aromatic carbocycles. The van der Waals surface area contributed by atoms with E-state index in [-0.39, 0.29) is 11.4 Å². The normalized spacial score (nSPS) is 12.1. The van der Waals surface area contributed by atoms with Gasteiger partial charge in [-0.05, 0) is 12.1 Å². The molecule has 0 fully saturated rings. The van der Waals surface area contributed by atoms with Crippen LogP contribution in [0.5, 0.6) is 0 Å². The molecule has 0 spiro atoms. The molecule has 0 aliphatic carbocycles. The lowest BCUT2D eigenvalue weighted by Gasteiger charge is -2.05. The van der Waals surface area contributed by atoms with Crippen molar-refractivity contribution in [2.45, 2.75) is 11.3 Å². The minimum Gasteiger partial charge on any atom is -0.249 e. The van der Waals surface area contributed by atoms with E-state index in [2.05, 4.69) is 15.2 Å². The molecule has 0 radical (unpaired) electrons. The van der Waals surface area contributed by atoms with Gasteiger partial charge in [0.25, 0.3) is 0 Å². The van der Waals surface area contributed by atoms with Crippen LogP contribution in [0.1, 0.15) is 5.56 Å². The van der Waals surface area contributed by atoms with Gasteiger partial charge in [-0.1, -0.05) is 18.1 Å². The molecule has 1 aromatic heterocycles. The number of sulfone groups is 1. The average molecular weight is 315 g/mol. The van der Waals surface area contributed by atoms with Gasteiger partial charge < -0.3 is 0 Å². The van der Waals surface area contributed by atoms with Crippen LogP contribution in [0.2, 0.25) is 0 Å². The lowest BCUT2D eigenvalue weighted by molar-refractivity contribution is -0.137. The second-order valence-electron chi connectivity index (χ2n) is 4.00. The third kappa shape index (κ3) is 3.22. The zero-order chi connectivity index (χ0) is 15.7. The molecular formula is C12H8F3N3O2S. The maximum atomic E-state index is 12.4. The molecule has 0 saturated heterocycles. The van der Waals surface area contributed by atoms with E-state index >= 15 is 0 Å². The number of aromatic nitrogens is 3. The van der Waals surface area contributed by atoms with Crippen LogP contribution in [0.3, 0.4) is 0 Å². The van der Waals surface area contributed by atoms with Crippen molar-refractivity contribution in [2.24, 2.45) is 0 Å². The number of alkyl halides is 3. The van der Waals surface area contributed by atoms with Crippen molar-refractivity contribution in [3.63, 3.8) is 0 Å². The van der Waals surface area contributed by atoms with Crippen molar-refractivity contribution in [1.29, 1.82) is 0 Å². The van der Waals surface area contributed by atoms with Gasteiger partial charge in [0.05, 0.1) is 5.56 Å². The molecule has 0 aliphatic heterocycles. The van der Waals surface area contributed by atoms with Crippen LogP contribution >= 0.6 is 0 Å². The molecule has 5 nitrogen and oxygen atoms in total. The Hall–Kier alpha value is -2.34. The first-order chi connectivity index (χ1) is 9.74. The lowest BCUT2D eigenvalue weighted by Crippen LogP contribution is -2.07. The minimum absolute atomic E-state index is 0.0284. The Morgan fingerprint density at radius 2 is 1.86 bits per heavy atom. The van der Waals surface area contributed by atoms with Crippen LogP contribution in [-0.4, -0.2) is 29.4 Å². The number of rotatable bonds is 3. The van der Waals surface area contributed by atoms with Crippen LogP contribution in [-0.2, 0) is 16.0 Å². The van der Waals surface area contributed by atoms with E-state index in [1.807, 2.05) is 5.92 Å². The summed E-state index contributed by atoms with van der Waals surface area (Å²) in [5.74, 6) is 1.40. The highest BCUT2D eigenvalue weighted by molar-refractivity contribution is 7.91. The van der Waals surface area contributed by atoms with Gasteiger partial charge in [-0.2, -0.15) is 23.3 Å². The number of hydrogen-bond acceptors (Lipinski definition) is 4. The van der Waals surface area contributed by atoms with Gasteiger partial charge >= 0.3 is 6.18 Å². The number of aromatic amines is 1. The summed E-state index contributed by atoms with van der Waals surface area (Å²) in [5, 5.41) is 5.45. The smallest absolute Gasteiger partial charge is 0.249 e. The molecule has 0 saturated carbocycles. The Labute approximate surface area is 118 Å². The third-order valence-electron chi connectivity index (χ3n) is 2.50. The fraction of sp³-hybridized carbons (Fsp3) is 0.167. The van der Waals surface area contributed by atoms with Crippen LogP contribution in [0, 0.1) is 12.3 Å². The van der Waals surface area contributed by atoms with Crippen LogP contribution in [0.25, 0.3) is 11.4 Å². The fourth-order valence-electron chi connectivity index (χ4n) is 1.50. The summed E-state index contributed by atoms with van der Waals surface area (Å²) in [7, 11) is -3.77. The zero-order valence-electron chi connectivity index (χ0n) is 10.3. The maximum absolute atomic E-state index is 12.4. The summed E-state index contributed by atoms with van der Waals surface area (Å²) in [4.78, 5) is 3.73. The Bertz CT molecular complexity index is 786. The molecule has 0 atom stereocenters. The molecular weight excluding hydrogens is 307 g/mol. The molecule has 9 heteroatoms. The van der Waals surface area contributed by atoms with Crippen LogP contribution in [0.4, 0.5) is 13.2 Å². The standard InChI is InChI=1S/C12H8F3N3O2S/c1-2-7-21(19,20)11-16-10(17-18-11)8-3-5-9(6-4-8)12(13,14)15/h1,3-6H,7H2,(H,16,17,18). The van der Waals surface area contributed by atoms with Crippen molar-refractivity contribution in [2.75, 3.05) is 5.75 Å². The summed E-state index contributed by atoms with van der Waals surface area (Å²) >= 11 is 0. The first kappa shape index (κ1) is 15.1. The molecule has 110 valence electrons. The van der Waals surface area contributed by atoms with E-state index in [0.717, 1.165) is 24.3 Å². The Balaban J connectivity index is 2.33. The van der Waals surface area contributed by atoms with Crippen molar-refractivity contribution in [3.8, 4) is 23.7 Å². The van der Waals surface area contributed by atoms with E-state index in [0.29, 0.717) is 0 Å². The van der Waals surface area contributed by atoms with Gasteiger partial charge in [0.2, 0.25) is 15.0 Å². The van der Waals surface area contributed by atoms with E-state index < -0.39 is 32.5 Å². The second kappa shape index (κ2) is 5.21. The average Bonchev–Trinajstić information content (AvgIpc) is 2.88. The number of H-pyrrole nitrogens is 1. The highest BCUT2D eigenvalue weighted by atomic mass is 32.2. The number of halogens is 3. The Morgan fingerprint density at radius 3 is 2.38 bits per heavy atom. The lowest BCUT2D eigenvalue weighted by atomic mass is 10.1. The zero-order valence-corrected chi connectivity index (χ0v) is 11.2. The number of nitrogens with zero attached hydrogens (tertiary/aromatic N) is 2. The van der Waals surface area contributed by atoms with Gasteiger partial charge in [0.1, 0.15) is 5.75 Å². The quantitative estimate of drug-likeness (QED) is 0.878. The molecule has 21 heavy (non-hydrogen) atoms. The summed E-state index contributed by atoms with van der Waals surface area (Å²) in [6, 6.07) is 4.04. The number of terminal acetylenes is 1. The largest absolute Gasteiger partial charge is 0.416 e. The first-order valence-electron chi connectivity index (χ1n) is 5.50. The molecule has 0 bridgehead atoms. The minimum atomic E-state index is -4.45. The molecule has 1 N–H and O–H groups in total.